The first-order valence-electron chi connectivity index (χ1n) is 13.2. The molecule has 8 heteroatoms. The van der Waals surface area contributed by atoms with Crippen molar-refractivity contribution in [2.24, 2.45) is 5.92 Å². The number of benzene rings is 2. The number of aliphatic hydroxyl groups is 1. The molecule has 0 aliphatic carbocycles. The van der Waals surface area contributed by atoms with Crippen molar-refractivity contribution >= 4 is 17.8 Å². The van der Waals surface area contributed by atoms with Crippen LogP contribution in [0.5, 0.6) is 0 Å². The van der Waals surface area contributed by atoms with Gasteiger partial charge in [0.1, 0.15) is 6.61 Å². The summed E-state index contributed by atoms with van der Waals surface area (Å²) < 4.78 is 11.2. The number of cyclic esters (lactones) is 1. The van der Waals surface area contributed by atoms with E-state index in [0.717, 1.165) is 16.7 Å². The van der Waals surface area contributed by atoms with E-state index in [0.29, 0.717) is 32.4 Å². The van der Waals surface area contributed by atoms with E-state index < -0.39 is 12.0 Å². The predicted molar refractivity (Wildman–Crippen MR) is 142 cm³/mol. The summed E-state index contributed by atoms with van der Waals surface area (Å²) in [6.07, 6.45) is 5.43. The highest BCUT2D eigenvalue weighted by Crippen LogP contribution is 2.25. The monoisotopic (exact) mass is 520 g/mol. The Hall–Kier alpha value is -3.49. The normalized spacial score (nSPS) is 22.4. The number of carbonyl (C=O) groups is 3. The Labute approximate surface area is 223 Å². The number of amides is 2. The highest BCUT2D eigenvalue weighted by Gasteiger charge is 2.32. The summed E-state index contributed by atoms with van der Waals surface area (Å²) in [5.41, 5.74) is 3.19. The molecule has 3 unspecified atom stereocenters. The van der Waals surface area contributed by atoms with Crippen LogP contribution in [0.3, 0.4) is 0 Å². The number of allylic oxidation sites excluding steroid dienone is 2. The topological polar surface area (TPSA) is 105 Å². The van der Waals surface area contributed by atoms with Crippen molar-refractivity contribution < 1.29 is 29.0 Å². The van der Waals surface area contributed by atoms with E-state index in [1.807, 2.05) is 66.7 Å². The van der Waals surface area contributed by atoms with Crippen molar-refractivity contribution in [1.82, 2.24) is 10.2 Å². The van der Waals surface area contributed by atoms with Crippen molar-refractivity contribution in [3.05, 3.63) is 83.4 Å². The van der Waals surface area contributed by atoms with Crippen LogP contribution in [0.4, 0.5) is 0 Å². The lowest BCUT2D eigenvalue weighted by atomic mass is 9.92. The lowest BCUT2D eigenvalue weighted by Gasteiger charge is -2.36. The Morgan fingerprint density at radius 1 is 1.05 bits per heavy atom. The molecule has 2 N–H and O–H groups in total. The molecule has 2 amide bonds. The fourth-order valence-corrected chi connectivity index (χ4v) is 4.84. The number of nitrogens with zero attached hydrogens (tertiary/aromatic N) is 1. The molecule has 3 atom stereocenters. The molecule has 2 aromatic rings. The first-order chi connectivity index (χ1) is 18.5. The van der Waals surface area contributed by atoms with Gasteiger partial charge >= 0.3 is 5.97 Å². The highest BCUT2D eigenvalue weighted by atomic mass is 16.5. The van der Waals surface area contributed by atoms with E-state index >= 15 is 0 Å². The van der Waals surface area contributed by atoms with Gasteiger partial charge in [-0.3, -0.25) is 14.4 Å². The van der Waals surface area contributed by atoms with E-state index in [1.54, 1.807) is 4.90 Å². The van der Waals surface area contributed by atoms with Crippen molar-refractivity contribution in [3.8, 4) is 0 Å². The Balaban J connectivity index is 1.43. The summed E-state index contributed by atoms with van der Waals surface area (Å²) in [6, 6.07) is 16.8. The third-order valence-electron chi connectivity index (χ3n) is 7.00. The predicted octanol–water partition coefficient (Wildman–Crippen LogP) is 2.92. The standard InChI is InChI=1S/C30H36N2O6/c33-18-27-15-23-11-7-8-13-25(23)17-32(27)28(34)16-24-12-5-2-6-14-29(35)38-21-26(31-30(24)36)20-37-19-22-9-3-1-4-10-22/h1-5,7-11,13,24,26-27,33H,6,12,14-21H2,(H,31,36). The number of nitrogens with one attached hydrogen (secondary N) is 1. The van der Waals surface area contributed by atoms with Gasteiger partial charge in [0.15, 0.2) is 0 Å². The maximum Gasteiger partial charge on any atom is 0.306 e. The molecule has 2 aromatic carbocycles. The molecule has 202 valence electrons. The molecular weight excluding hydrogens is 484 g/mol. The van der Waals surface area contributed by atoms with Gasteiger partial charge in [0.05, 0.1) is 37.8 Å². The lowest BCUT2D eigenvalue weighted by molar-refractivity contribution is -0.146. The Kier molecular flexibility index (Phi) is 10.1. The second-order valence-electron chi connectivity index (χ2n) is 9.87. The van der Waals surface area contributed by atoms with Gasteiger partial charge < -0.3 is 24.8 Å². The van der Waals surface area contributed by atoms with Gasteiger partial charge in [0.25, 0.3) is 0 Å². The number of aliphatic hydroxyl groups excluding tert-OH is 1. The second-order valence-corrected chi connectivity index (χ2v) is 9.87. The summed E-state index contributed by atoms with van der Waals surface area (Å²) in [4.78, 5) is 40.6. The summed E-state index contributed by atoms with van der Waals surface area (Å²) in [7, 11) is 0. The minimum atomic E-state index is -0.595. The third-order valence-corrected chi connectivity index (χ3v) is 7.00. The molecule has 0 spiro atoms. The summed E-state index contributed by atoms with van der Waals surface area (Å²) in [5.74, 6) is -1.37. The Morgan fingerprint density at radius 3 is 2.61 bits per heavy atom. The number of hydrogen-bond acceptors (Lipinski definition) is 6. The van der Waals surface area contributed by atoms with Crippen molar-refractivity contribution in [2.45, 2.75) is 57.3 Å². The summed E-state index contributed by atoms with van der Waals surface area (Å²) in [6.45, 7) is 0.809. The van der Waals surface area contributed by atoms with E-state index in [9.17, 15) is 19.5 Å². The van der Waals surface area contributed by atoms with Gasteiger partial charge in [0.2, 0.25) is 11.8 Å². The van der Waals surface area contributed by atoms with Gasteiger partial charge in [-0.1, -0.05) is 66.7 Å². The van der Waals surface area contributed by atoms with E-state index in [1.165, 1.54) is 0 Å². The van der Waals surface area contributed by atoms with Crippen LogP contribution in [0.15, 0.2) is 66.7 Å². The van der Waals surface area contributed by atoms with Gasteiger partial charge in [-0.2, -0.15) is 0 Å². The van der Waals surface area contributed by atoms with Crippen LogP contribution in [-0.4, -0.2) is 59.7 Å². The van der Waals surface area contributed by atoms with Crippen molar-refractivity contribution in [2.75, 3.05) is 19.8 Å². The van der Waals surface area contributed by atoms with E-state index in [-0.39, 0.29) is 56.5 Å². The van der Waals surface area contributed by atoms with Crippen molar-refractivity contribution in [1.29, 1.82) is 0 Å². The lowest BCUT2D eigenvalue weighted by Crippen LogP contribution is -2.49. The van der Waals surface area contributed by atoms with Gasteiger partial charge in [-0.15, -0.1) is 0 Å². The Morgan fingerprint density at radius 2 is 1.82 bits per heavy atom. The van der Waals surface area contributed by atoms with Crippen LogP contribution >= 0.6 is 0 Å². The second kappa shape index (κ2) is 13.9. The minimum Gasteiger partial charge on any atom is -0.463 e. The average Bonchev–Trinajstić information content (AvgIpc) is 2.94. The zero-order valence-corrected chi connectivity index (χ0v) is 21.6. The summed E-state index contributed by atoms with van der Waals surface area (Å²) in [5, 5.41) is 12.9. The largest absolute Gasteiger partial charge is 0.463 e. The molecular formula is C30H36N2O6. The molecule has 38 heavy (non-hydrogen) atoms. The molecule has 2 aliphatic rings. The molecule has 0 saturated heterocycles. The molecule has 0 saturated carbocycles. The quantitative estimate of drug-likeness (QED) is 0.430. The SMILES string of the molecule is O=C1CCC=CCC(CC(=O)N2Cc3ccccc3CC2CO)C(=O)NC(COCc2ccccc2)CO1. The number of rotatable bonds is 7. The third kappa shape index (κ3) is 7.76. The van der Waals surface area contributed by atoms with Crippen LogP contribution in [0.1, 0.15) is 42.4 Å². The zero-order valence-electron chi connectivity index (χ0n) is 21.6. The van der Waals surface area contributed by atoms with Crippen LogP contribution in [-0.2, 0) is 43.4 Å². The first-order valence-corrected chi connectivity index (χ1v) is 13.2. The molecule has 0 bridgehead atoms. The van der Waals surface area contributed by atoms with Crippen molar-refractivity contribution in [3.63, 3.8) is 0 Å². The highest BCUT2D eigenvalue weighted by molar-refractivity contribution is 5.86. The number of esters is 1. The van der Waals surface area contributed by atoms with Gasteiger partial charge in [-0.25, -0.2) is 0 Å². The number of carbonyl (C=O) groups excluding carboxylic acids is 3. The molecule has 8 nitrogen and oxygen atoms in total. The maximum atomic E-state index is 13.4. The zero-order chi connectivity index (χ0) is 26.7. The van der Waals surface area contributed by atoms with Gasteiger partial charge in [-0.05, 0) is 36.0 Å². The molecule has 2 heterocycles. The van der Waals surface area contributed by atoms with E-state index in [4.69, 9.17) is 9.47 Å². The summed E-state index contributed by atoms with van der Waals surface area (Å²) >= 11 is 0. The molecule has 4 rings (SSSR count). The first kappa shape index (κ1) is 27.5. The van der Waals surface area contributed by atoms with Crippen LogP contribution in [0, 0.1) is 5.92 Å². The van der Waals surface area contributed by atoms with Crippen LogP contribution < -0.4 is 5.32 Å². The van der Waals surface area contributed by atoms with Crippen LogP contribution in [0.2, 0.25) is 0 Å². The maximum absolute atomic E-state index is 13.4. The Bertz CT molecular complexity index is 1120. The fraction of sp³-hybridized carbons (Fsp3) is 0.433. The fourth-order valence-electron chi connectivity index (χ4n) is 4.84. The smallest absolute Gasteiger partial charge is 0.306 e. The van der Waals surface area contributed by atoms with Gasteiger partial charge in [0, 0.05) is 19.4 Å². The average molecular weight is 521 g/mol. The number of ether oxygens (including phenoxy) is 2. The van der Waals surface area contributed by atoms with Crippen LogP contribution in [0.25, 0.3) is 0 Å². The molecule has 0 radical (unpaired) electrons. The molecule has 0 aromatic heterocycles. The number of fused-ring (bicyclic) bond motifs is 1. The molecule has 2 aliphatic heterocycles. The number of hydrogen-bond donors (Lipinski definition) is 2. The van der Waals surface area contributed by atoms with E-state index in [2.05, 4.69) is 5.32 Å². The minimum absolute atomic E-state index is 0.000755. The molecule has 0 fully saturated rings.